The molecule has 0 amide bonds. The quantitative estimate of drug-likeness (QED) is 0.341. The molecule has 1 aromatic carbocycles. The Balaban J connectivity index is 1.29. The van der Waals surface area contributed by atoms with E-state index in [0.717, 1.165) is 45.1 Å². The molecule has 0 atom stereocenters. The molecule has 4 heterocycles. The van der Waals surface area contributed by atoms with Gasteiger partial charge >= 0.3 is 0 Å². The van der Waals surface area contributed by atoms with E-state index in [4.69, 9.17) is 4.74 Å². The van der Waals surface area contributed by atoms with Crippen molar-refractivity contribution in [3.8, 4) is 22.5 Å². The average molecular weight is 452 g/mol. The van der Waals surface area contributed by atoms with Crippen molar-refractivity contribution in [2.75, 3.05) is 11.9 Å². The Kier molecular flexibility index (Phi) is 6.03. The Morgan fingerprint density at radius 2 is 1.88 bits per heavy atom. The van der Waals surface area contributed by atoms with E-state index in [2.05, 4.69) is 49.6 Å². The smallest absolute Gasteiger partial charge is 0.137 e. The molecule has 8 heteroatoms. The number of imidazole rings is 1. The maximum Gasteiger partial charge on any atom is 0.137 e. The first kappa shape index (κ1) is 21.4. The molecular formula is C26H25N7O. The number of nitrogens with one attached hydrogen (secondary N) is 1. The second-order valence-corrected chi connectivity index (χ2v) is 7.83. The van der Waals surface area contributed by atoms with Gasteiger partial charge in [-0.2, -0.15) is 5.10 Å². The lowest BCUT2D eigenvalue weighted by Crippen LogP contribution is -2.02. The van der Waals surface area contributed by atoms with Crippen LogP contribution in [0.25, 0.3) is 34.2 Å². The molecule has 0 saturated heterocycles. The number of ether oxygens (including phenoxy) is 1. The normalized spacial score (nSPS) is 11.4. The maximum absolute atomic E-state index is 5.28. The number of pyridine rings is 1. The Morgan fingerprint density at radius 3 is 2.68 bits per heavy atom. The predicted molar refractivity (Wildman–Crippen MR) is 133 cm³/mol. The zero-order chi connectivity index (χ0) is 23.3. The summed E-state index contributed by atoms with van der Waals surface area (Å²) in [6, 6.07) is 14.4. The van der Waals surface area contributed by atoms with Gasteiger partial charge in [-0.05, 0) is 41.8 Å². The van der Waals surface area contributed by atoms with Crippen LogP contribution in [0.4, 0.5) is 5.82 Å². The first-order chi connectivity index (χ1) is 16.7. The van der Waals surface area contributed by atoms with Gasteiger partial charge in [-0.3, -0.25) is 9.08 Å². The fourth-order valence-corrected chi connectivity index (χ4v) is 3.68. The van der Waals surface area contributed by atoms with Crippen LogP contribution in [0.15, 0.2) is 79.8 Å². The summed E-state index contributed by atoms with van der Waals surface area (Å²) in [5.74, 6) is 0.757. The van der Waals surface area contributed by atoms with Crippen molar-refractivity contribution in [3.63, 3.8) is 0 Å². The molecule has 0 saturated carbocycles. The third kappa shape index (κ3) is 4.66. The fraction of sp³-hybridized carbons (Fsp3) is 0.154. The van der Waals surface area contributed by atoms with E-state index < -0.39 is 0 Å². The summed E-state index contributed by atoms with van der Waals surface area (Å²) >= 11 is 0. The van der Waals surface area contributed by atoms with Gasteiger partial charge in [0, 0.05) is 37.6 Å². The van der Waals surface area contributed by atoms with Crippen LogP contribution in [-0.4, -0.2) is 35.7 Å². The largest absolute Gasteiger partial charge is 0.501 e. The van der Waals surface area contributed by atoms with Gasteiger partial charge in [-0.25, -0.2) is 15.0 Å². The van der Waals surface area contributed by atoms with Crippen molar-refractivity contribution in [2.24, 2.45) is 7.05 Å². The van der Waals surface area contributed by atoms with Crippen LogP contribution in [0.5, 0.6) is 0 Å². The van der Waals surface area contributed by atoms with E-state index in [1.54, 1.807) is 17.3 Å². The van der Waals surface area contributed by atoms with E-state index in [1.165, 1.54) is 0 Å². The van der Waals surface area contributed by atoms with Crippen LogP contribution in [0.1, 0.15) is 18.1 Å². The number of hydrogen-bond acceptors (Lipinski definition) is 6. The topological polar surface area (TPSA) is 82.2 Å². The first-order valence-electron chi connectivity index (χ1n) is 11.1. The lowest BCUT2D eigenvalue weighted by Gasteiger charge is -2.08. The van der Waals surface area contributed by atoms with Crippen LogP contribution in [0.3, 0.4) is 0 Å². The summed E-state index contributed by atoms with van der Waals surface area (Å²) in [6.45, 7) is 3.26. The number of rotatable bonds is 8. The molecule has 0 bridgehead atoms. The predicted octanol–water partition coefficient (Wildman–Crippen LogP) is 4.81. The highest BCUT2D eigenvalue weighted by molar-refractivity contribution is 5.65. The molecule has 170 valence electrons. The number of nitrogens with zero attached hydrogens (tertiary/aromatic N) is 6. The van der Waals surface area contributed by atoms with Crippen LogP contribution in [0, 0.1) is 0 Å². The number of aryl methyl sites for hydroxylation is 1. The second kappa shape index (κ2) is 9.58. The number of benzene rings is 1. The lowest BCUT2D eigenvalue weighted by atomic mass is 10.1. The van der Waals surface area contributed by atoms with E-state index in [9.17, 15) is 0 Å². The molecule has 1 N–H and O–H groups in total. The van der Waals surface area contributed by atoms with Gasteiger partial charge in [0.1, 0.15) is 17.8 Å². The molecule has 0 aliphatic rings. The molecule has 0 unspecified atom stereocenters. The maximum atomic E-state index is 5.28. The minimum Gasteiger partial charge on any atom is -0.501 e. The third-order valence-corrected chi connectivity index (χ3v) is 5.46. The molecule has 0 aliphatic carbocycles. The van der Waals surface area contributed by atoms with Crippen LogP contribution < -0.4 is 5.32 Å². The summed E-state index contributed by atoms with van der Waals surface area (Å²) in [7, 11) is 1.92. The summed E-state index contributed by atoms with van der Waals surface area (Å²) in [5.41, 5.74) is 6.98. The number of fused-ring (bicyclic) bond motifs is 1. The fourth-order valence-electron chi connectivity index (χ4n) is 3.68. The Hall–Kier alpha value is -4.46. The van der Waals surface area contributed by atoms with E-state index in [0.29, 0.717) is 13.2 Å². The van der Waals surface area contributed by atoms with Crippen molar-refractivity contribution in [3.05, 3.63) is 91.0 Å². The third-order valence-electron chi connectivity index (χ3n) is 5.46. The molecule has 4 aromatic heterocycles. The molecule has 0 fully saturated rings. The zero-order valence-electron chi connectivity index (χ0n) is 19.1. The van der Waals surface area contributed by atoms with Crippen molar-refractivity contribution >= 4 is 17.5 Å². The van der Waals surface area contributed by atoms with Gasteiger partial charge < -0.3 is 10.1 Å². The molecule has 8 nitrogen and oxygen atoms in total. The summed E-state index contributed by atoms with van der Waals surface area (Å²) in [5, 5.41) is 7.63. The number of anilines is 1. The Labute approximate surface area is 197 Å². The molecule has 5 rings (SSSR count). The molecule has 0 aliphatic heterocycles. The summed E-state index contributed by atoms with van der Waals surface area (Å²) in [4.78, 5) is 13.4. The van der Waals surface area contributed by atoms with Crippen LogP contribution >= 0.6 is 0 Å². The van der Waals surface area contributed by atoms with E-state index in [1.807, 2.05) is 67.4 Å². The van der Waals surface area contributed by atoms with Gasteiger partial charge in [0.15, 0.2) is 0 Å². The Morgan fingerprint density at radius 1 is 1.00 bits per heavy atom. The lowest BCUT2D eigenvalue weighted by molar-refractivity contribution is 0.272. The van der Waals surface area contributed by atoms with E-state index >= 15 is 0 Å². The van der Waals surface area contributed by atoms with Gasteiger partial charge in [0.2, 0.25) is 0 Å². The number of aromatic nitrogens is 6. The standard InChI is InChI=1S/C26H25N7O/c1-3-34-11-9-19-8-10-33-24(16-28-26(33)12-19)23-13-25(30-18-29-23)27-14-20-4-6-21(7-5-20)22-15-31-32(2)17-22/h4-13,15-18H,3,14H2,1-2H3,(H,27,29,30)/b11-9+. The minimum atomic E-state index is 0.646. The number of hydrogen-bond donors (Lipinski definition) is 1. The van der Waals surface area contributed by atoms with E-state index in [-0.39, 0.29) is 0 Å². The highest BCUT2D eigenvalue weighted by Crippen LogP contribution is 2.22. The Bertz CT molecular complexity index is 1430. The van der Waals surface area contributed by atoms with Gasteiger partial charge in [0.25, 0.3) is 0 Å². The van der Waals surface area contributed by atoms with Crippen molar-refractivity contribution in [2.45, 2.75) is 13.5 Å². The molecule has 5 aromatic rings. The van der Waals surface area contributed by atoms with Gasteiger partial charge in [-0.1, -0.05) is 24.3 Å². The van der Waals surface area contributed by atoms with Gasteiger partial charge in [0.05, 0.1) is 36.7 Å². The molecule has 34 heavy (non-hydrogen) atoms. The average Bonchev–Trinajstić information content (AvgIpc) is 3.49. The summed E-state index contributed by atoms with van der Waals surface area (Å²) in [6.07, 6.45) is 12.9. The minimum absolute atomic E-state index is 0.646. The first-order valence-corrected chi connectivity index (χ1v) is 11.1. The monoisotopic (exact) mass is 451 g/mol. The molecular weight excluding hydrogens is 426 g/mol. The highest BCUT2D eigenvalue weighted by atomic mass is 16.5. The van der Waals surface area contributed by atoms with Crippen LogP contribution in [0.2, 0.25) is 0 Å². The van der Waals surface area contributed by atoms with Crippen LogP contribution in [-0.2, 0) is 18.3 Å². The van der Waals surface area contributed by atoms with Crippen molar-refractivity contribution in [1.29, 1.82) is 0 Å². The SMILES string of the molecule is CCO/C=C/c1ccn2c(-c3cc(NCc4ccc(-c5cnn(C)c5)cc4)ncn3)cnc2c1. The van der Waals surface area contributed by atoms with Crippen molar-refractivity contribution < 1.29 is 4.74 Å². The highest BCUT2D eigenvalue weighted by Gasteiger charge is 2.09. The molecule has 0 spiro atoms. The van der Waals surface area contributed by atoms with Gasteiger partial charge in [-0.15, -0.1) is 0 Å². The molecule has 0 radical (unpaired) electrons. The second-order valence-electron chi connectivity index (χ2n) is 7.83. The van der Waals surface area contributed by atoms with Crippen molar-refractivity contribution in [1.82, 2.24) is 29.1 Å². The summed E-state index contributed by atoms with van der Waals surface area (Å²) < 4.78 is 9.10. The zero-order valence-corrected chi connectivity index (χ0v) is 19.1.